The first-order chi connectivity index (χ1) is 19.4. The molecule has 3 aliphatic rings. The number of rotatable bonds is 8. The van der Waals surface area contributed by atoms with Crippen LogP contribution in [0.25, 0.3) is 0 Å². The standard InChI is InChI=1S/C32H34N4O4.ClH/c37-29-27(26-12-4-5-14-28(26)33-29)13-7-17-34-18-15-32(16-19-34)31(40)35(22-36(32)25-10-2-1-3-11-25)21-23-8-6-9-24(20-23)30(38)39;/h1-6,8-12,14,20,27H,7,13,15-19,21-22H2,(H,33,37)(H,38,39);1H. The van der Waals surface area contributed by atoms with Crippen LogP contribution in [0.3, 0.4) is 0 Å². The van der Waals surface area contributed by atoms with E-state index in [1.54, 1.807) is 18.2 Å². The second-order valence-corrected chi connectivity index (χ2v) is 11.1. The molecule has 6 rings (SSSR count). The van der Waals surface area contributed by atoms with E-state index in [0.29, 0.717) is 13.2 Å². The molecule has 214 valence electrons. The summed E-state index contributed by atoms with van der Waals surface area (Å²) in [6.45, 7) is 3.36. The Hall–Kier alpha value is -3.88. The molecule has 1 spiro atoms. The Morgan fingerprint density at radius 3 is 2.44 bits per heavy atom. The second-order valence-electron chi connectivity index (χ2n) is 11.1. The summed E-state index contributed by atoms with van der Waals surface area (Å²) in [5.74, 6) is -0.869. The van der Waals surface area contributed by atoms with Crippen molar-refractivity contribution < 1.29 is 19.5 Å². The number of benzene rings is 3. The van der Waals surface area contributed by atoms with Gasteiger partial charge in [0.1, 0.15) is 5.54 Å². The van der Waals surface area contributed by atoms with Crippen LogP contribution in [-0.2, 0) is 16.1 Å². The highest BCUT2D eigenvalue weighted by atomic mass is 35.5. The van der Waals surface area contributed by atoms with E-state index in [9.17, 15) is 19.5 Å². The first kappa shape index (κ1) is 28.6. The van der Waals surface area contributed by atoms with Gasteiger partial charge in [0.25, 0.3) is 0 Å². The highest BCUT2D eigenvalue weighted by Gasteiger charge is 2.53. The number of carboxylic acid groups (broad SMARTS) is 1. The van der Waals surface area contributed by atoms with Crippen LogP contribution in [0.4, 0.5) is 11.4 Å². The molecule has 0 radical (unpaired) electrons. The van der Waals surface area contributed by atoms with E-state index in [2.05, 4.69) is 27.2 Å². The van der Waals surface area contributed by atoms with Crippen molar-refractivity contribution in [2.24, 2.45) is 0 Å². The summed E-state index contributed by atoms with van der Waals surface area (Å²) < 4.78 is 0. The SMILES string of the molecule is Cl.O=C(O)c1cccc(CN2CN(c3ccccc3)C3(CCN(CCCC4C(=O)Nc5ccccc54)CC3)C2=O)c1. The van der Waals surface area contributed by atoms with E-state index in [1.807, 2.05) is 53.4 Å². The lowest BCUT2D eigenvalue weighted by molar-refractivity contribution is -0.134. The second kappa shape index (κ2) is 11.9. The molecular formula is C32H35ClN4O4. The molecule has 0 bridgehead atoms. The number of fused-ring (bicyclic) bond motifs is 1. The van der Waals surface area contributed by atoms with Gasteiger partial charge in [0.15, 0.2) is 0 Å². The molecule has 0 saturated carbocycles. The lowest BCUT2D eigenvalue weighted by atomic mass is 9.85. The zero-order valence-electron chi connectivity index (χ0n) is 22.9. The van der Waals surface area contributed by atoms with Gasteiger partial charge in [-0.15, -0.1) is 12.4 Å². The third-order valence-electron chi connectivity index (χ3n) is 8.69. The predicted molar refractivity (Wildman–Crippen MR) is 160 cm³/mol. The summed E-state index contributed by atoms with van der Waals surface area (Å²) in [6.07, 6.45) is 3.17. The van der Waals surface area contributed by atoms with Crippen LogP contribution in [0.1, 0.15) is 53.1 Å². The normalized spacial score (nSPS) is 19.7. The maximum atomic E-state index is 14.0. The highest BCUT2D eigenvalue weighted by molar-refractivity contribution is 6.02. The first-order valence-corrected chi connectivity index (χ1v) is 14.0. The van der Waals surface area contributed by atoms with Crippen molar-refractivity contribution in [2.75, 3.05) is 36.5 Å². The molecule has 8 nitrogen and oxygen atoms in total. The molecule has 0 aliphatic carbocycles. The van der Waals surface area contributed by atoms with E-state index in [-0.39, 0.29) is 35.7 Å². The van der Waals surface area contributed by atoms with Crippen molar-refractivity contribution in [3.8, 4) is 0 Å². The van der Waals surface area contributed by atoms with E-state index in [0.717, 1.165) is 67.8 Å². The maximum Gasteiger partial charge on any atom is 0.335 e. The zero-order chi connectivity index (χ0) is 27.7. The van der Waals surface area contributed by atoms with Crippen LogP contribution in [0.15, 0.2) is 78.9 Å². The number of nitrogens with one attached hydrogen (secondary N) is 1. The Balaban J connectivity index is 0.00000337. The molecule has 3 aromatic rings. The summed E-state index contributed by atoms with van der Waals surface area (Å²) in [7, 11) is 0. The number of carbonyl (C=O) groups excluding carboxylic acids is 2. The summed E-state index contributed by atoms with van der Waals surface area (Å²) in [6, 6.07) is 24.9. The Morgan fingerprint density at radius 2 is 1.68 bits per heavy atom. The topological polar surface area (TPSA) is 93.2 Å². The number of hydrogen-bond acceptors (Lipinski definition) is 5. The number of likely N-dealkylation sites (tertiary alicyclic amines) is 1. The van der Waals surface area contributed by atoms with Crippen molar-refractivity contribution in [3.63, 3.8) is 0 Å². The molecule has 9 heteroatoms. The molecule has 2 amide bonds. The average Bonchev–Trinajstić information content (AvgIpc) is 3.43. The first-order valence-electron chi connectivity index (χ1n) is 14.0. The number of carbonyl (C=O) groups is 3. The highest BCUT2D eigenvalue weighted by Crippen LogP contribution is 2.40. The number of nitrogens with zero attached hydrogens (tertiary/aromatic N) is 3. The van der Waals surface area contributed by atoms with Crippen molar-refractivity contribution in [3.05, 3.63) is 95.6 Å². The Labute approximate surface area is 246 Å². The van der Waals surface area contributed by atoms with Gasteiger partial charge in [-0.25, -0.2) is 4.79 Å². The minimum absolute atomic E-state index is 0. The molecule has 3 aliphatic heterocycles. The molecule has 3 aromatic carbocycles. The monoisotopic (exact) mass is 574 g/mol. The van der Waals surface area contributed by atoms with E-state index in [1.165, 1.54) is 0 Å². The number of amides is 2. The van der Waals surface area contributed by atoms with Crippen LogP contribution in [-0.4, -0.2) is 64.5 Å². The number of halogens is 1. The number of piperidine rings is 1. The van der Waals surface area contributed by atoms with Gasteiger partial charge in [0.2, 0.25) is 11.8 Å². The van der Waals surface area contributed by atoms with Crippen molar-refractivity contribution >= 4 is 41.6 Å². The van der Waals surface area contributed by atoms with Gasteiger partial charge in [-0.1, -0.05) is 48.5 Å². The molecular weight excluding hydrogens is 540 g/mol. The van der Waals surface area contributed by atoms with Crippen LogP contribution in [0, 0.1) is 0 Å². The predicted octanol–water partition coefficient (Wildman–Crippen LogP) is 4.96. The number of carboxylic acids is 1. The van der Waals surface area contributed by atoms with Crippen molar-refractivity contribution in [1.82, 2.24) is 9.80 Å². The smallest absolute Gasteiger partial charge is 0.335 e. The fraction of sp³-hybridized carbons (Fsp3) is 0.344. The van der Waals surface area contributed by atoms with Gasteiger partial charge in [-0.05, 0) is 73.7 Å². The van der Waals surface area contributed by atoms with Gasteiger partial charge < -0.3 is 25.1 Å². The summed E-state index contributed by atoms with van der Waals surface area (Å²) in [4.78, 5) is 44.5. The number of hydrogen-bond donors (Lipinski definition) is 2. The fourth-order valence-electron chi connectivity index (χ4n) is 6.57. The van der Waals surface area contributed by atoms with E-state index >= 15 is 0 Å². The number of anilines is 2. The lowest BCUT2D eigenvalue weighted by Crippen LogP contribution is -2.56. The average molecular weight is 575 g/mol. The Morgan fingerprint density at radius 1 is 0.951 bits per heavy atom. The van der Waals surface area contributed by atoms with Crippen LogP contribution in [0.2, 0.25) is 0 Å². The zero-order valence-corrected chi connectivity index (χ0v) is 23.7. The lowest BCUT2D eigenvalue weighted by Gasteiger charge is -2.43. The minimum atomic E-state index is -0.970. The molecule has 2 fully saturated rings. The minimum Gasteiger partial charge on any atom is -0.478 e. The molecule has 41 heavy (non-hydrogen) atoms. The Bertz CT molecular complexity index is 1420. The van der Waals surface area contributed by atoms with Crippen LogP contribution < -0.4 is 10.2 Å². The van der Waals surface area contributed by atoms with Crippen LogP contribution >= 0.6 is 12.4 Å². The van der Waals surface area contributed by atoms with Gasteiger partial charge in [-0.3, -0.25) is 9.59 Å². The van der Waals surface area contributed by atoms with Crippen molar-refractivity contribution in [1.29, 1.82) is 0 Å². The van der Waals surface area contributed by atoms with Gasteiger partial charge in [0, 0.05) is 31.0 Å². The molecule has 2 N–H and O–H groups in total. The summed E-state index contributed by atoms with van der Waals surface area (Å²) >= 11 is 0. The van der Waals surface area contributed by atoms with Crippen molar-refractivity contribution in [2.45, 2.75) is 43.7 Å². The summed E-state index contributed by atoms with van der Waals surface area (Å²) in [5, 5.41) is 12.4. The maximum absolute atomic E-state index is 14.0. The number of para-hydroxylation sites is 2. The molecule has 1 atom stereocenters. The molecule has 1 unspecified atom stereocenters. The number of aromatic carboxylic acids is 1. The molecule has 0 aromatic heterocycles. The quantitative estimate of drug-likeness (QED) is 0.395. The Kier molecular flexibility index (Phi) is 8.33. The third kappa shape index (κ3) is 5.54. The molecule has 2 saturated heterocycles. The van der Waals surface area contributed by atoms with E-state index < -0.39 is 11.5 Å². The largest absolute Gasteiger partial charge is 0.478 e. The third-order valence-corrected chi connectivity index (χ3v) is 8.69. The molecule has 3 heterocycles. The summed E-state index contributed by atoms with van der Waals surface area (Å²) in [5.41, 5.74) is 3.47. The van der Waals surface area contributed by atoms with Gasteiger partial charge in [-0.2, -0.15) is 0 Å². The fourth-order valence-corrected chi connectivity index (χ4v) is 6.57. The van der Waals surface area contributed by atoms with Gasteiger partial charge in [0.05, 0.1) is 18.2 Å². The van der Waals surface area contributed by atoms with Crippen LogP contribution in [0.5, 0.6) is 0 Å². The van der Waals surface area contributed by atoms with E-state index in [4.69, 9.17) is 0 Å². The van der Waals surface area contributed by atoms with Gasteiger partial charge >= 0.3 is 5.97 Å².